The third-order valence-corrected chi connectivity index (χ3v) is 4.69. The standard InChI is InChI=1S/C17H29N3O5/c1-3-24-16(22)19-10-7-14(8-11-19)18-15(21)13-6-5-9-20(12-13)17(23)25-4-2/h13-14H,3-12H2,1-2H3,(H,18,21)/t13-/m0/s1. The van der Waals surface area contributed by atoms with Crippen LogP contribution in [0.3, 0.4) is 0 Å². The summed E-state index contributed by atoms with van der Waals surface area (Å²) in [6.45, 7) is 6.49. The van der Waals surface area contributed by atoms with Crippen molar-refractivity contribution in [2.24, 2.45) is 5.92 Å². The number of amides is 3. The van der Waals surface area contributed by atoms with Gasteiger partial charge in [-0.05, 0) is 39.5 Å². The lowest BCUT2D eigenvalue weighted by Crippen LogP contribution is -2.51. The molecule has 0 spiro atoms. The molecule has 0 aromatic carbocycles. The van der Waals surface area contributed by atoms with Gasteiger partial charge in [-0.3, -0.25) is 4.79 Å². The number of nitrogens with one attached hydrogen (secondary N) is 1. The molecule has 0 saturated carbocycles. The van der Waals surface area contributed by atoms with Gasteiger partial charge in [0.1, 0.15) is 0 Å². The molecule has 2 fully saturated rings. The van der Waals surface area contributed by atoms with Crippen LogP contribution in [0, 0.1) is 5.92 Å². The van der Waals surface area contributed by atoms with Gasteiger partial charge in [0, 0.05) is 32.2 Å². The van der Waals surface area contributed by atoms with Crippen LogP contribution in [0.25, 0.3) is 0 Å². The van der Waals surface area contributed by atoms with Crippen molar-refractivity contribution in [3.63, 3.8) is 0 Å². The number of carbonyl (C=O) groups is 3. The number of ether oxygens (including phenoxy) is 2. The van der Waals surface area contributed by atoms with Crippen molar-refractivity contribution in [2.75, 3.05) is 39.4 Å². The first kappa shape index (κ1) is 19.3. The van der Waals surface area contributed by atoms with Crippen LogP contribution in [0.4, 0.5) is 9.59 Å². The van der Waals surface area contributed by atoms with Gasteiger partial charge in [-0.1, -0.05) is 0 Å². The van der Waals surface area contributed by atoms with Gasteiger partial charge in [0.15, 0.2) is 0 Å². The van der Waals surface area contributed by atoms with E-state index in [1.807, 2.05) is 0 Å². The van der Waals surface area contributed by atoms with Crippen LogP contribution < -0.4 is 5.32 Å². The van der Waals surface area contributed by atoms with Crippen molar-refractivity contribution in [1.29, 1.82) is 0 Å². The van der Waals surface area contributed by atoms with Gasteiger partial charge in [0.25, 0.3) is 0 Å². The number of likely N-dealkylation sites (tertiary alicyclic amines) is 2. The van der Waals surface area contributed by atoms with Crippen molar-refractivity contribution in [2.45, 2.75) is 45.6 Å². The Hall–Kier alpha value is -1.99. The van der Waals surface area contributed by atoms with E-state index in [0.717, 1.165) is 25.7 Å². The molecule has 3 amide bonds. The largest absolute Gasteiger partial charge is 0.450 e. The van der Waals surface area contributed by atoms with Crippen LogP contribution in [-0.2, 0) is 14.3 Å². The minimum absolute atomic E-state index is 0.0106. The van der Waals surface area contributed by atoms with E-state index in [1.165, 1.54) is 0 Å². The lowest BCUT2D eigenvalue weighted by atomic mass is 9.96. The van der Waals surface area contributed by atoms with E-state index in [0.29, 0.717) is 39.4 Å². The second kappa shape index (κ2) is 9.48. The smallest absolute Gasteiger partial charge is 0.409 e. The van der Waals surface area contributed by atoms with Gasteiger partial charge in [-0.25, -0.2) is 9.59 Å². The molecule has 8 heteroatoms. The van der Waals surface area contributed by atoms with Gasteiger partial charge < -0.3 is 24.6 Å². The maximum absolute atomic E-state index is 12.5. The van der Waals surface area contributed by atoms with Crippen LogP contribution in [-0.4, -0.2) is 73.3 Å². The molecule has 2 rings (SSSR count). The summed E-state index contributed by atoms with van der Waals surface area (Å²) >= 11 is 0. The molecule has 0 aromatic rings. The fraction of sp³-hybridized carbons (Fsp3) is 0.824. The van der Waals surface area contributed by atoms with Crippen LogP contribution in [0.5, 0.6) is 0 Å². The maximum Gasteiger partial charge on any atom is 0.409 e. The monoisotopic (exact) mass is 355 g/mol. The topological polar surface area (TPSA) is 88.2 Å². The summed E-state index contributed by atoms with van der Waals surface area (Å²) in [6, 6.07) is 0.0659. The fourth-order valence-corrected chi connectivity index (χ4v) is 3.31. The predicted octanol–water partition coefficient (Wildman–Crippen LogP) is 1.59. The predicted molar refractivity (Wildman–Crippen MR) is 91.1 cm³/mol. The molecule has 2 saturated heterocycles. The number of hydrogen-bond donors (Lipinski definition) is 1. The molecule has 0 radical (unpaired) electrons. The Labute approximate surface area is 148 Å². The average molecular weight is 355 g/mol. The molecule has 0 bridgehead atoms. The average Bonchev–Trinajstić information content (AvgIpc) is 2.63. The molecule has 1 atom stereocenters. The first-order valence-electron chi connectivity index (χ1n) is 9.18. The first-order valence-corrected chi connectivity index (χ1v) is 9.18. The van der Waals surface area contributed by atoms with E-state index in [4.69, 9.17) is 9.47 Å². The molecule has 2 aliphatic heterocycles. The van der Waals surface area contributed by atoms with Crippen molar-refractivity contribution < 1.29 is 23.9 Å². The number of hydrogen-bond acceptors (Lipinski definition) is 5. The number of carbonyl (C=O) groups excluding carboxylic acids is 3. The third kappa shape index (κ3) is 5.51. The summed E-state index contributed by atoms with van der Waals surface area (Å²) in [5.74, 6) is -0.204. The number of piperidine rings is 2. The molecule has 1 N–H and O–H groups in total. The Kier molecular flexibility index (Phi) is 7.33. The zero-order valence-electron chi connectivity index (χ0n) is 15.2. The lowest BCUT2D eigenvalue weighted by Gasteiger charge is -2.34. The Morgan fingerprint density at radius 3 is 2.12 bits per heavy atom. The first-order chi connectivity index (χ1) is 12.0. The van der Waals surface area contributed by atoms with Crippen LogP contribution in [0.1, 0.15) is 39.5 Å². The minimum Gasteiger partial charge on any atom is -0.450 e. The molecule has 2 aliphatic rings. The van der Waals surface area contributed by atoms with Gasteiger partial charge in [0.2, 0.25) is 5.91 Å². The molecule has 25 heavy (non-hydrogen) atoms. The molecule has 0 aliphatic carbocycles. The van der Waals surface area contributed by atoms with E-state index >= 15 is 0 Å². The van der Waals surface area contributed by atoms with Gasteiger partial charge in [-0.2, -0.15) is 0 Å². The zero-order valence-corrected chi connectivity index (χ0v) is 15.2. The minimum atomic E-state index is -0.345. The molecular formula is C17H29N3O5. The Morgan fingerprint density at radius 1 is 0.920 bits per heavy atom. The molecular weight excluding hydrogens is 326 g/mol. The Morgan fingerprint density at radius 2 is 1.52 bits per heavy atom. The number of nitrogens with zero attached hydrogens (tertiary/aromatic N) is 2. The Bertz CT molecular complexity index is 477. The zero-order chi connectivity index (χ0) is 18.2. The van der Waals surface area contributed by atoms with E-state index in [1.54, 1.807) is 23.6 Å². The Balaban J connectivity index is 1.76. The molecule has 0 unspecified atom stereocenters. The van der Waals surface area contributed by atoms with Crippen LogP contribution >= 0.6 is 0 Å². The highest BCUT2D eigenvalue weighted by Gasteiger charge is 2.31. The summed E-state index contributed by atoms with van der Waals surface area (Å²) < 4.78 is 10.0. The SMILES string of the molecule is CCOC(=O)N1CCC(NC(=O)[C@H]2CCCN(C(=O)OCC)C2)CC1. The highest BCUT2D eigenvalue weighted by atomic mass is 16.6. The second-order valence-electron chi connectivity index (χ2n) is 6.45. The summed E-state index contributed by atoms with van der Waals surface area (Å²) in [7, 11) is 0. The van der Waals surface area contributed by atoms with Gasteiger partial charge >= 0.3 is 12.2 Å². The summed E-state index contributed by atoms with van der Waals surface area (Å²) in [5, 5.41) is 3.08. The summed E-state index contributed by atoms with van der Waals surface area (Å²) in [5.41, 5.74) is 0. The van der Waals surface area contributed by atoms with Gasteiger partial charge in [-0.15, -0.1) is 0 Å². The summed E-state index contributed by atoms with van der Waals surface area (Å²) in [4.78, 5) is 39.3. The highest BCUT2D eigenvalue weighted by molar-refractivity contribution is 5.80. The normalized spacial score (nSPS) is 21.6. The second-order valence-corrected chi connectivity index (χ2v) is 6.45. The fourth-order valence-electron chi connectivity index (χ4n) is 3.31. The highest BCUT2D eigenvalue weighted by Crippen LogP contribution is 2.19. The quantitative estimate of drug-likeness (QED) is 0.827. The maximum atomic E-state index is 12.5. The number of rotatable bonds is 4. The van der Waals surface area contributed by atoms with Crippen LogP contribution in [0.2, 0.25) is 0 Å². The van der Waals surface area contributed by atoms with Crippen molar-refractivity contribution in [3.05, 3.63) is 0 Å². The van der Waals surface area contributed by atoms with E-state index in [2.05, 4.69) is 5.32 Å². The van der Waals surface area contributed by atoms with Crippen molar-refractivity contribution in [3.8, 4) is 0 Å². The van der Waals surface area contributed by atoms with E-state index in [-0.39, 0.29) is 30.1 Å². The van der Waals surface area contributed by atoms with Crippen LogP contribution in [0.15, 0.2) is 0 Å². The lowest BCUT2D eigenvalue weighted by molar-refractivity contribution is -0.127. The molecule has 0 aromatic heterocycles. The van der Waals surface area contributed by atoms with Gasteiger partial charge in [0.05, 0.1) is 19.1 Å². The van der Waals surface area contributed by atoms with Crippen molar-refractivity contribution in [1.82, 2.24) is 15.1 Å². The molecule has 8 nitrogen and oxygen atoms in total. The van der Waals surface area contributed by atoms with E-state index < -0.39 is 0 Å². The third-order valence-electron chi connectivity index (χ3n) is 4.69. The van der Waals surface area contributed by atoms with E-state index in [9.17, 15) is 14.4 Å². The van der Waals surface area contributed by atoms with Crippen molar-refractivity contribution >= 4 is 18.1 Å². The summed E-state index contributed by atoms with van der Waals surface area (Å²) in [6.07, 6.45) is 2.40. The molecule has 142 valence electrons. The molecule has 2 heterocycles.